The lowest BCUT2D eigenvalue weighted by molar-refractivity contribution is -0.142. The molecule has 0 fully saturated rings. The average molecular weight is 477 g/mol. The molecule has 0 radical (unpaired) electrons. The molecule has 0 aliphatic carbocycles. The van der Waals surface area contributed by atoms with Crippen LogP contribution in [0, 0.1) is 23.7 Å². The van der Waals surface area contributed by atoms with Gasteiger partial charge in [0.2, 0.25) is 0 Å². The first kappa shape index (κ1) is 33.0. The fourth-order valence-corrected chi connectivity index (χ4v) is 4.55. The molecule has 0 rings (SSSR count). The van der Waals surface area contributed by atoms with Crippen LogP contribution >= 0.6 is 0 Å². The zero-order chi connectivity index (χ0) is 25.8. The van der Waals surface area contributed by atoms with Crippen molar-refractivity contribution in [3.05, 3.63) is 23.3 Å². The Hall–Kier alpha value is -1.05. The quantitative estimate of drug-likeness (QED) is 0.122. The van der Waals surface area contributed by atoms with Crippen molar-refractivity contribution in [1.29, 1.82) is 0 Å². The van der Waals surface area contributed by atoms with E-state index in [4.69, 9.17) is 4.74 Å². The van der Waals surface area contributed by atoms with Crippen molar-refractivity contribution in [3.63, 3.8) is 0 Å². The van der Waals surface area contributed by atoms with Crippen LogP contribution < -0.4 is 0 Å². The van der Waals surface area contributed by atoms with Crippen LogP contribution in [0.3, 0.4) is 0 Å². The molecular formula is C32H60O2. The number of hydrogen-bond acceptors (Lipinski definition) is 2. The summed E-state index contributed by atoms with van der Waals surface area (Å²) in [5, 5.41) is 0. The van der Waals surface area contributed by atoms with E-state index in [-0.39, 0.29) is 5.97 Å². The summed E-state index contributed by atoms with van der Waals surface area (Å²) in [6, 6.07) is 0. The highest BCUT2D eigenvalue weighted by atomic mass is 16.5. The molecule has 0 saturated heterocycles. The summed E-state index contributed by atoms with van der Waals surface area (Å²) in [7, 11) is 0. The molecule has 0 spiro atoms. The third kappa shape index (κ3) is 22.7. The molecule has 0 aliphatic rings. The van der Waals surface area contributed by atoms with Gasteiger partial charge in [-0.1, -0.05) is 103 Å². The van der Waals surface area contributed by atoms with Gasteiger partial charge in [0.1, 0.15) is 6.61 Å². The van der Waals surface area contributed by atoms with Crippen molar-refractivity contribution in [3.8, 4) is 0 Å². The predicted octanol–water partition coefficient (Wildman–Crippen LogP) is 10.5. The second kappa shape index (κ2) is 21.3. The second-order valence-electron chi connectivity index (χ2n) is 11.9. The lowest BCUT2D eigenvalue weighted by atomic mass is 9.91. The molecule has 0 aliphatic heterocycles. The van der Waals surface area contributed by atoms with E-state index in [0.29, 0.717) is 18.9 Å². The lowest BCUT2D eigenvalue weighted by Crippen LogP contribution is -2.06. The minimum Gasteiger partial charge on any atom is -0.461 e. The molecule has 0 aromatic heterocycles. The number of ether oxygens (including phenoxy) is 1. The van der Waals surface area contributed by atoms with Gasteiger partial charge in [-0.3, -0.25) is 4.79 Å². The Kier molecular flexibility index (Phi) is 20.6. The van der Waals surface area contributed by atoms with Crippen LogP contribution in [0.25, 0.3) is 0 Å². The fraction of sp³-hybridized carbons (Fsp3) is 0.844. The molecule has 0 amide bonds. The van der Waals surface area contributed by atoms with Crippen molar-refractivity contribution < 1.29 is 9.53 Å². The third-order valence-electron chi connectivity index (χ3n) is 7.11. The maximum atomic E-state index is 12.0. The van der Waals surface area contributed by atoms with E-state index < -0.39 is 0 Å². The molecule has 0 N–H and O–H groups in total. The van der Waals surface area contributed by atoms with E-state index in [9.17, 15) is 4.79 Å². The fourth-order valence-electron chi connectivity index (χ4n) is 4.55. The van der Waals surface area contributed by atoms with Gasteiger partial charge in [-0.25, -0.2) is 0 Å². The molecule has 3 unspecified atom stereocenters. The van der Waals surface area contributed by atoms with Gasteiger partial charge in [0.05, 0.1) is 0 Å². The molecule has 2 heteroatoms. The number of allylic oxidation sites excluding steroid dienone is 3. The highest BCUT2D eigenvalue weighted by Crippen LogP contribution is 2.22. The number of esters is 1. The van der Waals surface area contributed by atoms with Gasteiger partial charge in [0.25, 0.3) is 0 Å². The Labute approximate surface area is 214 Å². The van der Waals surface area contributed by atoms with Crippen molar-refractivity contribution in [1.82, 2.24) is 0 Å². The smallest absolute Gasteiger partial charge is 0.306 e. The van der Waals surface area contributed by atoms with Crippen LogP contribution in [0.1, 0.15) is 145 Å². The summed E-state index contributed by atoms with van der Waals surface area (Å²) < 4.78 is 5.43. The van der Waals surface area contributed by atoms with Crippen molar-refractivity contribution in [2.45, 2.75) is 145 Å². The summed E-state index contributed by atoms with van der Waals surface area (Å²) >= 11 is 0. The number of carbonyl (C=O) groups excluding carboxylic acids is 1. The van der Waals surface area contributed by atoms with Crippen LogP contribution in [0.5, 0.6) is 0 Å². The van der Waals surface area contributed by atoms with Gasteiger partial charge in [-0.05, 0) is 82.6 Å². The molecule has 34 heavy (non-hydrogen) atoms. The SMILES string of the molecule is CC(C)=CCCC(C)CCCC(=O)OCC=C(C)CCCC(C)CCCC(C)CCCC(C)C. The molecule has 0 aromatic carbocycles. The lowest BCUT2D eigenvalue weighted by Gasteiger charge is -2.15. The predicted molar refractivity (Wildman–Crippen MR) is 151 cm³/mol. The largest absolute Gasteiger partial charge is 0.461 e. The summed E-state index contributed by atoms with van der Waals surface area (Å²) in [5.74, 6) is 3.17. The minimum absolute atomic E-state index is 0.0485. The van der Waals surface area contributed by atoms with Crippen LogP contribution in [-0.4, -0.2) is 12.6 Å². The van der Waals surface area contributed by atoms with E-state index in [1.807, 2.05) is 0 Å². The number of carbonyl (C=O) groups is 1. The van der Waals surface area contributed by atoms with Gasteiger partial charge in [0, 0.05) is 6.42 Å². The molecular weight excluding hydrogens is 416 g/mol. The maximum absolute atomic E-state index is 12.0. The van der Waals surface area contributed by atoms with Crippen molar-refractivity contribution >= 4 is 5.97 Å². The maximum Gasteiger partial charge on any atom is 0.306 e. The normalized spacial score (nSPS) is 14.7. The summed E-state index contributed by atoms with van der Waals surface area (Å²) in [6.07, 6.45) is 21.3. The number of rotatable bonds is 21. The third-order valence-corrected chi connectivity index (χ3v) is 7.11. The first-order chi connectivity index (χ1) is 16.1. The Bertz CT molecular complexity index is 553. The Morgan fingerprint density at radius 1 is 0.647 bits per heavy atom. The highest BCUT2D eigenvalue weighted by Gasteiger charge is 2.08. The van der Waals surface area contributed by atoms with Crippen LogP contribution in [0.4, 0.5) is 0 Å². The van der Waals surface area contributed by atoms with E-state index >= 15 is 0 Å². The average Bonchev–Trinajstić information content (AvgIpc) is 2.73. The topological polar surface area (TPSA) is 26.3 Å². The van der Waals surface area contributed by atoms with Gasteiger partial charge in [0.15, 0.2) is 0 Å². The monoisotopic (exact) mass is 476 g/mol. The molecule has 0 saturated carbocycles. The molecule has 2 nitrogen and oxygen atoms in total. The molecule has 0 aromatic rings. The summed E-state index contributed by atoms with van der Waals surface area (Å²) in [6.45, 7) is 18.7. The van der Waals surface area contributed by atoms with E-state index in [1.165, 1.54) is 68.9 Å². The van der Waals surface area contributed by atoms with Crippen molar-refractivity contribution in [2.24, 2.45) is 23.7 Å². The van der Waals surface area contributed by atoms with Gasteiger partial charge >= 0.3 is 5.97 Å². The Balaban J connectivity index is 3.76. The van der Waals surface area contributed by atoms with Gasteiger partial charge in [-0.15, -0.1) is 0 Å². The zero-order valence-corrected chi connectivity index (χ0v) is 24.4. The van der Waals surface area contributed by atoms with E-state index in [1.54, 1.807) is 0 Å². The van der Waals surface area contributed by atoms with Gasteiger partial charge in [-0.2, -0.15) is 0 Å². The molecule has 200 valence electrons. The van der Waals surface area contributed by atoms with E-state index in [0.717, 1.165) is 43.4 Å². The molecule has 0 heterocycles. The zero-order valence-electron chi connectivity index (χ0n) is 24.4. The minimum atomic E-state index is -0.0485. The summed E-state index contributed by atoms with van der Waals surface area (Å²) in [5.41, 5.74) is 2.74. The van der Waals surface area contributed by atoms with Gasteiger partial charge < -0.3 is 4.74 Å². The molecule has 0 bridgehead atoms. The van der Waals surface area contributed by atoms with Crippen molar-refractivity contribution in [2.75, 3.05) is 6.61 Å². The highest BCUT2D eigenvalue weighted by molar-refractivity contribution is 5.69. The van der Waals surface area contributed by atoms with E-state index in [2.05, 4.69) is 67.5 Å². The molecule has 3 atom stereocenters. The number of hydrogen-bond donors (Lipinski definition) is 0. The summed E-state index contributed by atoms with van der Waals surface area (Å²) in [4.78, 5) is 12.0. The Morgan fingerprint density at radius 2 is 1.15 bits per heavy atom. The Morgan fingerprint density at radius 3 is 1.71 bits per heavy atom. The second-order valence-corrected chi connectivity index (χ2v) is 11.9. The van der Waals surface area contributed by atoms with Crippen LogP contribution in [-0.2, 0) is 9.53 Å². The van der Waals surface area contributed by atoms with Crippen LogP contribution in [0.2, 0.25) is 0 Å². The first-order valence-corrected chi connectivity index (χ1v) is 14.5. The van der Waals surface area contributed by atoms with Crippen LogP contribution in [0.15, 0.2) is 23.3 Å². The standard InChI is InChI=1S/C32H60O2/c1-26(2)14-9-16-28(5)18-11-19-30(7)20-12-21-31(8)24-25-34-32(33)23-13-22-29(6)17-10-15-27(3)4/h15,24,26,28-30H,9-14,16-23,25H2,1-8H3. The first-order valence-electron chi connectivity index (χ1n) is 14.5.